The summed E-state index contributed by atoms with van der Waals surface area (Å²) in [6.45, 7) is 1.78. The predicted molar refractivity (Wildman–Crippen MR) is 71.9 cm³/mol. The maximum atomic E-state index is 11.8. The Labute approximate surface area is 109 Å². The molecule has 4 heteroatoms. The SMILES string of the molecule is COCCCC(=O)N(C)Cc1cccc(CN)c1. The lowest BCUT2D eigenvalue weighted by Gasteiger charge is -2.17. The summed E-state index contributed by atoms with van der Waals surface area (Å²) in [5, 5.41) is 0. The Morgan fingerprint density at radius 1 is 1.39 bits per heavy atom. The van der Waals surface area contributed by atoms with Crippen LogP contribution in [-0.2, 0) is 22.6 Å². The van der Waals surface area contributed by atoms with Gasteiger partial charge in [0, 0.05) is 40.3 Å². The number of amides is 1. The van der Waals surface area contributed by atoms with Crippen LogP contribution in [-0.4, -0.2) is 31.6 Å². The van der Waals surface area contributed by atoms with Crippen LogP contribution in [0.1, 0.15) is 24.0 Å². The number of hydrogen-bond acceptors (Lipinski definition) is 3. The molecule has 0 unspecified atom stereocenters. The highest BCUT2D eigenvalue weighted by Gasteiger charge is 2.08. The average molecular weight is 250 g/mol. The fourth-order valence-electron chi connectivity index (χ4n) is 1.78. The van der Waals surface area contributed by atoms with Crippen LogP contribution in [0, 0.1) is 0 Å². The summed E-state index contributed by atoms with van der Waals surface area (Å²) in [7, 11) is 3.47. The van der Waals surface area contributed by atoms with Crippen LogP contribution in [0.4, 0.5) is 0 Å². The first kappa shape index (κ1) is 14.7. The summed E-state index contributed by atoms with van der Waals surface area (Å²) in [6, 6.07) is 8.02. The van der Waals surface area contributed by atoms with Crippen molar-refractivity contribution < 1.29 is 9.53 Å². The van der Waals surface area contributed by atoms with E-state index in [4.69, 9.17) is 10.5 Å². The largest absolute Gasteiger partial charge is 0.385 e. The van der Waals surface area contributed by atoms with Crippen molar-refractivity contribution in [1.29, 1.82) is 0 Å². The fourth-order valence-corrected chi connectivity index (χ4v) is 1.78. The molecule has 0 bridgehead atoms. The van der Waals surface area contributed by atoms with Gasteiger partial charge in [0.2, 0.25) is 5.91 Å². The van der Waals surface area contributed by atoms with Crippen molar-refractivity contribution in [2.45, 2.75) is 25.9 Å². The van der Waals surface area contributed by atoms with Gasteiger partial charge < -0.3 is 15.4 Å². The first-order valence-electron chi connectivity index (χ1n) is 6.18. The summed E-state index contributed by atoms with van der Waals surface area (Å²) in [6.07, 6.45) is 1.30. The number of carbonyl (C=O) groups excluding carboxylic acids is 1. The average Bonchev–Trinajstić information content (AvgIpc) is 2.39. The zero-order chi connectivity index (χ0) is 13.4. The molecular formula is C14H22N2O2. The van der Waals surface area contributed by atoms with Gasteiger partial charge in [-0.25, -0.2) is 0 Å². The van der Waals surface area contributed by atoms with Crippen LogP contribution in [0.5, 0.6) is 0 Å². The Balaban J connectivity index is 2.47. The van der Waals surface area contributed by atoms with E-state index in [9.17, 15) is 4.79 Å². The lowest BCUT2D eigenvalue weighted by molar-refractivity contribution is -0.130. The molecule has 0 saturated heterocycles. The van der Waals surface area contributed by atoms with E-state index in [2.05, 4.69) is 0 Å². The first-order valence-corrected chi connectivity index (χ1v) is 6.18. The number of carbonyl (C=O) groups is 1. The zero-order valence-corrected chi connectivity index (χ0v) is 11.2. The maximum Gasteiger partial charge on any atom is 0.222 e. The molecule has 0 saturated carbocycles. The van der Waals surface area contributed by atoms with Gasteiger partial charge in [-0.05, 0) is 17.5 Å². The molecule has 0 atom stereocenters. The minimum Gasteiger partial charge on any atom is -0.385 e. The molecule has 1 aromatic rings. The first-order chi connectivity index (χ1) is 8.67. The molecule has 0 fully saturated rings. The van der Waals surface area contributed by atoms with Gasteiger partial charge in [0.15, 0.2) is 0 Å². The fraction of sp³-hybridized carbons (Fsp3) is 0.500. The molecule has 0 aromatic heterocycles. The summed E-state index contributed by atoms with van der Waals surface area (Å²) in [4.78, 5) is 13.6. The Hall–Kier alpha value is -1.39. The monoisotopic (exact) mass is 250 g/mol. The van der Waals surface area contributed by atoms with E-state index < -0.39 is 0 Å². The van der Waals surface area contributed by atoms with Gasteiger partial charge in [-0.15, -0.1) is 0 Å². The van der Waals surface area contributed by atoms with E-state index in [-0.39, 0.29) is 5.91 Å². The Kier molecular flexibility index (Phi) is 6.39. The number of methoxy groups -OCH3 is 1. The molecule has 1 amide bonds. The van der Waals surface area contributed by atoms with Crippen LogP contribution in [0.15, 0.2) is 24.3 Å². The normalized spacial score (nSPS) is 10.4. The quantitative estimate of drug-likeness (QED) is 0.747. The van der Waals surface area contributed by atoms with Gasteiger partial charge in [0.1, 0.15) is 0 Å². The Bertz CT molecular complexity index is 380. The summed E-state index contributed by atoms with van der Waals surface area (Å²) < 4.78 is 4.94. The summed E-state index contributed by atoms with van der Waals surface area (Å²) in [5.74, 6) is 0.144. The minimum absolute atomic E-state index is 0.144. The van der Waals surface area contributed by atoms with E-state index in [0.717, 1.165) is 17.5 Å². The van der Waals surface area contributed by atoms with Crippen LogP contribution in [0.3, 0.4) is 0 Å². The van der Waals surface area contributed by atoms with Gasteiger partial charge in [-0.1, -0.05) is 24.3 Å². The summed E-state index contributed by atoms with van der Waals surface area (Å²) in [5.41, 5.74) is 7.80. The number of hydrogen-bond donors (Lipinski definition) is 1. The van der Waals surface area contributed by atoms with Crippen molar-refractivity contribution in [3.8, 4) is 0 Å². The van der Waals surface area contributed by atoms with E-state index in [1.165, 1.54) is 0 Å². The molecule has 0 spiro atoms. The van der Waals surface area contributed by atoms with Crippen LogP contribution < -0.4 is 5.73 Å². The van der Waals surface area contributed by atoms with E-state index in [1.807, 2.05) is 31.3 Å². The van der Waals surface area contributed by atoms with E-state index in [1.54, 1.807) is 12.0 Å². The molecule has 100 valence electrons. The number of benzene rings is 1. The number of nitrogens with zero attached hydrogens (tertiary/aromatic N) is 1. The third kappa shape index (κ3) is 4.85. The van der Waals surface area contributed by atoms with Crippen LogP contribution in [0.25, 0.3) is 0 Å². The molecule has 0 aliphatic heterocycles. The number of ether oxygens (including phenoxy) is 1. The van der Waals surface area contributed by atoms with Crippen molar-refractivity contribution in [3.63, 3.8) is 0 Å². The topological polar surface area (TPSA) is 55.6 Å². The van der Waals surface area contributed by atoms with Crippen LogP contribution >= 0.6 is 0 Å². The third-order valence-electron chi connectivity index (χ3n) is 2.81. The second-order valence-electron chi connectivity index (χ2n) is 4.37. The second kappa shape index (κ2) is 7.84. The lowest BCUT2D eigenvalue weighted by Crippen LogP contribution is -2.26. The number of rotatable bonds is 7. The van der Waals surface area contributed by atoms with Gasteiger partial charge in [-0.2, -0.15) is 0 Å². The molecule has 2 N–H and O–H groups in total. The van der Waals surface area contributed by atoms with Crippen molar-refractivity contribution in [2.24, 2.45) is 5.73 Å². The molecule has 4 nitrogen and oxygen atoms in total. The molecule has 0 aliphatic rings. The van der Waals surface area contributed by atoms with Crippen LogP contribution in [0.2, 0.25) is 0 Å². The highest BCUT2D eigenvalue weighted by atomic mass is 16.5. The predicted octanol–water partition coefficient (Wildman–Crippen LogP) is 1.53. The minimum atomic E-state index is 0.144. The molecule has 0 aliphatic carbocycles. The van der Waals surface area contributed by atoms with Gasteiger partial charge >= 0.3 is 0 Å². The van der Waals surface area contributed by atoms with E-state index in [0.29, 0.717) is 26.1 Å². The standard InChI is InChI=1S/C14H22N2O2/c1-16(14(17)7-4-8-18-2)11-13-6-3-5-12(9-13)10-15/h3,5-6,9H,4,7-8,10-11,15H2,1-2H3. The van der Waals surface area contributed by atoms with Crippen molar-refractivity contribution in [3.05, 3.63) is 35.4 Å². The highest BCUT2D eigenvalue weighted by molar-refractivity contribution is 5.75. The third-order valence-corrected chi connectivity index (χ3v) is 2.81. The Morgan fingerprint density at radius 2 is 2.11 bits per heavy atom. The van der Waals surface area contributed by atoms with Crippen molar-refractivity contribution in [1.82, 2.24) is 4.90 Å². The van der Waals surface area contributed by atoms with E-state index >= 15 is 0 Å². The number of nitrogens with two attached hydrogens (primary N) is 1. The zero-order valence-electron chi connectivity index (χ0n) is 11.2. The molecule has 1 aromatic carbocycles. The second-order valence-corrected chi connectivity index (χ2v) is 4.37. The molecule has 0 radical (unpaired) electrons. The maximum absolute atomic E-state index is 11.8. The van der Waals surface area contributed by atoms with Crippen molar-refractivity contribution in [2.75, 3.05) is 20.8 Å². The highest BCUT2D eigenvalue weighted by Crippen LogP contribution is 2.08. The Morgan fingerprint density at radius 3 is 2.78 bits per heavy atom. The molecule has 18 heavy (non-hydrogen) atoms. The lowest BCUT2D eigenvalue weighted by atomic mass is 10.1. The molecule has 1 rings (SSSR count). The molecular weight excluding hydrogens is 228 g/mol. The van der Waals surface area contributed by atoms with Gasteiger partial charge in [0.05, 0.1) is 0 Å². The summed E-state index contributed by atoms with van der Waals surface area (Å²) >= 11 is 0. The smallest absolute Gasteiger partial charge is 0.222 e. The molecule has 0 heterocycles. The van der Waals surface area contributed by atoms with Gasteiger partial charge in [0.25, 0.3) is 0 Å². The van der Waals surface area contributed by atoms with Crippen molar-refractivity contribution >= 4 is 5.91 Å². The van der Waals surface area contributed by atoms with Gasteiger partial charge in [-0.3, -0.25) is 4.79 Å².